The first kappa shape index (κ1) is 19.4. The van der Waals surface area contributed by atoms with Gasteiger partial charge in [-0.2, -0.15) is 8.42 Å². The fraction of sp³-hybridized carbons (Fsp3) is 1.00. The van der Waals surface area contributed by atoms with Crippen LogP contribution in [0.3, 0.4) is 0 Å². The second-order valence-electron chi connectivity index (χ2n) is 8.35. The Kier molecular flexibility index (Phi) is 4.34. The summed E-state index contributed by atoms with van der Waals surface area (Å²) in [5.74, 6) is -3.30. The maximum absolute atomic E-state index is 11.2. The average molecular weight is 381 g/mol. The Labute approximate surface area is 148 Å². The molecule has 0 radical (unpaired) electrons. The molecule has 2 N–H and O–H groups in total. The monoisotopic (exact) mass is 381 g/mol. The van der Waals surface area contributed by atoms with Crippen LogP contribution in [-0.2, 0) is 38.2 Å². The summed E-state index contributed by atoms with van der Waals surface area (Å²) in [6, 6.07) is 0. The second kappa shape index (κ2) is 5.59. The summed E-state index contributed by atoms with van der Waals surface area (Å²) in [5.41, 5.74) is -0.293. The summed E-state index contributed by atoms with van der Waals surface area (Å²) in [5, 5.41) is 4.95. The van der Waals surface area contributed by atoms with Gasteiger partial charge in [0.15, 0.2) is 11.6 Å². The molecule has 9 nitrogen and oxygen atoms in total. The molecule has 0 aromatic carbocycles. The molecule has 1 unspecified atom stereocenters. The normalized spacial score (nSPS) is 43.7. The Hall–Kier alpha value is -0.330. The van der Waals surface area contributed by atoms with Gasteiger partial charge in [-0.05, 0) is 20.8 Å². The van der Waals surface area contributed by atoms with E-state index in [9.17, 15) is 8.42 Å². The minimum atomic E-state index is -4.16. The van der Waals surface area contributed by atoms with E-state index in [2.05, 4.69) is 0 Å². The first-order valence-electron chi connectivity index (χ1n) is 8.21. The summed E-state index contributed by atoms with van der Waals surface area (Å²) in [6.45, 7) is 11.0. The first-order valence-corrected chi connectivity index (χ1v) is 9.68. The summed E-state index contributed by atoms with van der Waals surface area (Å²) >= 11 is 0. The van der Waals surface area contributed by atoms with Gasteiger partial charge in [0.2, 0.25) is 5.79 Å². The minimum Gasteiger partial charge on any atom is -0.343 e. The number of hydrogen-bond donors (Lipinski definition) is 1. The van der Waals surface area contributed by atoms with Crippen molar-refractivity contribution in [2.45, 2.75) is 77.2 Å². The summed E-state index contributed by atoms with van der Waals surface area (Å²) in [4.78, 5) is 0. The molecule has 0 spiro atoms. The lowest BCUT2D eigenvalue weighted by molar-refractivity contribution is -0.290. The Balaban J connectivity index is 1.89. The van der Waals surface area contributed by atoms with Crippen molar-refractivity contribution in [1.29, 1.82) is 0 Å². The molecule has 5 atom stereocenters. The SMILES string of the molecule is CC1(C)O[C@H]2[C@@H]3OC(C)(C(C)(C)C)O[C@@H]3CO[C@@]2(COS(N)(=O)=O)O1. The fourth-order valence-corrected chi connectivity index (χ4v) is 3.65. The molecule has 25 heavy (non-hydrogen) atoms. The van der Waals surface area contributed by atoms with E-state index in [-0.39, 0.29) is 18.1 Å². The Morgan fingerprint density at radius 2 is 1.80 bits per heavy atom. The lowest BCUT2D eigenvalue weighted by Crippen LogP contribution is -2.60. The van der Waals surface area contributed by atoms with Crippen LogP contribution in [0.1, 0.15) is 41.5 Å². The van der Waals surface area contributed by atoms with Crippen LogP contribution >= 0.6 is 0 Å². The molecule has 0 aromatic rings. The van der Waals surface area contributed by atoms with Crippen LogP contribution in [0.4, 0.5) is 0 Å². The highest BCUT2D eigenvalue weighted by atomic mass is 32.2. The van der Waals surface area contributed by atoms with Crippen molar-refractivity contribution >= 4 is 10.3 Å². The van der Waals surface area contributed by atoms with Gasteiger partial charge >= 0.3 is 10.3 Å². The lowest BCUT2D eigenvalue weighted by atomic mass is 9.86. The number of hydrogen-bond acceptors (Lipinski definition) is 8. The van der Waals surface area contributed by atoms with E-state index in [1.165, 1.54) is 0 Å². The summed E-state index contributed by atoms with van der Waals surface area (Å²) in [6.07, 6.45) is -1.59. The third-order valence-electron chi connectivity index (χ3n) is 4.94. The van der Waals surface area contributed by atoms with Crippen LogP contribution in [0.25, 0.3) is 0 Å². The Bertz CT molecular complexity index is 644. The molecule has 3 aliphatic heterocycles. The zero-order chi connectivity index (χ0) is 18.9. The molecule has 3 heterocycles. The molecule has 0 aliphatic carbocycles. The molecule has 146 valence electrons. The van der Waals surface area contributed by atoms with Gasteiger partial charge in [-0.1, -0.05) is 20.8 Å². The smallest absolute Gasteiger partial charge is 0.333 e. The molecule has 3 aliphatic rings. The van der Waals surface area contributed by atoms with E-state index in [0.717, 1.165) is 0 Å². The zero-order valence-corrected chi connectivity index (χ0v) is 16.2. The van der Waals surface area contributed by atoms with Crippen LogP contribution in [0.5, 0.6) is 0 Å². The standard InChI is InChI=1S/C15H27NO8S/c1-12(2,3)14(6)21-9-7-19-15(8-20-25(16,17)18)11(10(9)22-14)23-13(4,5)24-15/h9-11H,7-8H2,1-6H3,(H2,16,17,18)/t9-,10-,11+,14?,15+/m1/s1. The highest BCUT2D eigenvalue weighted by Gasteiger charge is 2.67. The molecule has 0 saturated carbocycles. The minimum absolute atomic E-state index is 0.153. The Morgan fingerprint density at radius 1 is 1.16 bits per heavy atom. The number of fused-ring (bicyclic) bond motifs is 3. The third-order valence-corrected chi connectivity index (χ3v) is 5.39. The highest BCUT2D eigenvalue weighted by molar-refractivity contribution is 7.84. The topological polar surface area (TPSA) is 116 Å². The maximum atomic E-state index is 11.2. The predicted molar refractivity (Wildman–Crippen MR) is 85.4 cm³/mol. The number of ether oxygens (including phenoxy) is 5. The molecule has 10 heteroatoms. The average Bonchev–Trinajstić information content (AvgIpc) is 2.89. The van der Waals surface area contributed by atoms with Crippen LogP contribution < -0.4 is 5.14 Å². The van der Waals surface area contributed by atoms with Crippen molar-refractivity contribution in [2.75, 3.05) is 13.2 Å². The van der Waals surface area contributed by atoms with Gasteiger partial charge in [-0.25, -0.2) is 5.14 Å². The Morgan fingerprint density at radius 3 is 2.36 bits per heavy atom. The molecule has 3 saturated heterocycles. The summed E-state index contributed by atoms with van der Waals surface area (Å²) < 4.78 is 57.3. The van der Waals surface area contributed by atoms with Crippen molar-refractivity contribution in [2.24, 2.45) is 10.6 Å². The predicted octanol–water partition coefficient (Wildman–Crippen LogP) is 0.631. The maximum Gasteiger partial charge on any atom is 0.333 e. The van der Waals surface area contributed by atoms with Gasteiger partial charge in [0.1, 0.15) is 24.9 Å². The lowest BCUT2D eigenvalue weighted by Gasteiger charge is -2.40. The van der Waals surface area contributed by atoms with Crippen LogP contribution in [0.2, 0.25) is 0 Å². The first-order chi connectivity index (χ1) is 11.2. The number of nitrogens with two attached hydrogens (primary N) is 1. The third kappa shape index (κ3) is 3.46. The van der Waals surface area contributed by atoms with Crippen LogP contribution in [0.15, 0.2) is 0 Å². The van der Waals surface area contributed by atoms with Crippen molar-refractivity contribution in [3.63, 3.8) is 0 Å². The fourth-order valence-electron chi connectivity index (χ4n) is 3.32. The molecule has 0 aromatic heterocycles. The highest BCUT2D eigenvalue weighted by Crippen LogP contribution is 2.51. The zero-order valence-electron chi connectivity index (χ0n) is 15.4. The second-order valence-corrected chi connectivity index (χ2v) is 9.57. The molecule has 0 amide bonds. The quantitative estimate of drug-likeness (QED) is 0.757. The van der Waals surface area contributed by atoms with Crippen molar-refractivity contribution < 1.29 is 36.3 Å². The van der Waals surface area contributed by atoms with Crippen LogP contribution in [-0.4, -0.2) is 57.3 Å². The molecule has 3 rings (SSSR count). The summed E-state index contributed by atoms with van der Waals surface area (Å²) in [7, 11) is -4.16. The van der Waals surface area contributed by atoms with Gasteiger partial charge in [0.25, 0.3) is 0 Å². The van der Waals surface area contributed by atoms with E-state index in [1.807, 2.05) is 27.7 Å². The van der Waals surface area contributed by atoms with Gasteiger partial charge in [0, 0.05) is 5.41 Å². The van der Waals surface area contributed by atoms with Gasteiger partial charge in [0.05, 0.1) is 6.61 Å². The van der Waals surface area contributed by atoms with E-state index in [0.29, 0.717) is 0 Å². The molecular formula is C15H27NO8S. The molecule has 3 fully saturated rings. The van der Waals surface area contributed by atoms with Crippen molar-refractivity contribution in [3.05, 3.63) is 0 Å². The molecular weight excluding hydrogens is 354 g/mol. The van der Waals surface area contributed by atoms with Gasteiger partial charge in [-0.3, -0.25) is 4.18 Å². The van der Waals surface area contributed by atoms with E-state index >= 15 is 0 Å². The van der Waals surface area contributed by atoms with E-state index in [1.54, 1.807) is 13.8 Å². The van der Waals surface area contributed by atoms with Gasteiger partial charge < -0.3 is 23.7 Å². The van der Waals surface area contributed by atoms with Crippen molar-refractivity contribution in [3.8, 4) is 0 Å². The van der Waals surface area contributed by atoms with Crippen LogP contribution in [0, 0.1) is 5.41 Å². The molecule has 0 bridgehead atoms. The van der Waals surface area contributed by atoms with E-state index in [4.69, 9.17) is 33.0 Å². The number of rotatable bonds is 3. The van der Waals surface area contributed by atoms with Gasteiger partial charge in [-0.15, -0.1) is 0 Å². The van der Waals surface area contributed by atoms with Crippen molar-refractivity contribution in [1.82, 2.24) is 0 Å². The largest absolute Gasteiger partial charge is 0.343 e. The van der Waals surface area contributed by atoms with E-state index < -0.39 is 46.5 Å².